The minimum atomic E-state index is 0. The fourth-order valence-electron chi connectivity index (χ4n) is 3.32. The maximum Gasteiger partial charge on any atom is 0.261 e. The smallest absolute Gasteiger partial charge is 0.261 e. The minimum absolute atomic E-state index is 0. The highest BCUT2D eigenvalue weighted by Crippen LogP contribution is 2.32. The lowest BCUT2D eigenvalue weighted by Crippen LogP contribution is -2.39. The van der Waals surface area contributed by atoms with E-state index >= 15 is 0 Å². The van der Waals surface area contributed by atoms with Crippen LogP contribution in [-0.2, 0) is 0 Å². The number of aromatic nitrogens is 1. The molecule has 0 unspecified atom stereocenters. The molecule has 7 heteroatoms. The molecule has 0 atom stereocenters. The molecule has 1 aromatic heterocycles. The van der Waals surface area contributed by atoms with E-state index in [1.54, 1.807) is 11.3 Å². The van der Waals surface area contributed by atoms with E-state index in [1.807, 2.05) is 29.2 Å². The first-order chi connectivity index (χ1) is 13.4. The first kappa shape index (κ1) is 24.1. The Labute approximate surface area is 196 Å². The average Bonchev–Trinajstić information content (AvgIpc) is 3.09. The molecule has 2 aromatic carbocycles. The third-order valence-electron chi connectivity index (χ3n) is 4.93. The number of anilines is 1. The second-order valence-electron chi connectivity index (χ2n) is 6.89. The molecule has 3 aromatic rings. The van der Waals surface area contributed by atoms with Crippen LogP contribution in [0.1, 0.15) is 35.3 Å². The summed E-state index contributed by atoms with van der Waals surface area (Å²) in [5.41, 5.74) is 4.10. The van der Waals surface area contributed by atoms with Crippen molar-refractivity contribution in [3.05, 3.63) is 56.7 Å². The van der Waals surface area contributed by atoms with Crippen LogP contribution in [0.15, 0.2) is 36.4 Å². The SMILES string of the molecule is CCN(CC)CCN(C(=O)c1ccccc1I)c1nc2c(C)cc(C)cc2s1.Cl. The number of fused-ring (bicyclic) bond motifs is 1. The maximum absolute atomic E-state index is 13.5. The van der Waals surface area contributed by atoms with Crippen molar-refractivity contribution in [2.45, 2.75) is 27.7 Å². The Morgan fingerprint density at radius 3 is 2.45 bits per heavy atom. The predicted octanol–water partition coefficient (Wildman–Crippen LogP) is 5.93. The molecule has 0 spiro atoms. The Kier molecular flexibility index (Phi) is 8.88. The van der Waals surface area contributed by atoms with Crippen LogP contribution in [0.4, 0.5) is 5.13 Å². The van der Waals surface area contributed by atoms with Crippen molar-refractivity contribution in [2.75, 3.05) is 31.1 Å². The number of hydrogen-bond acceptors (Lipinski definition) is 4. The fourth-order valence-corrected chi connectivity index (χ4v) is 5.10. The zero-order valence-electron chi connectivity index (χ0n) is 17.2. The molecule has 0 radical (unpaired) electrons. The third-order valence-corrected chi connectivity index (χ3v) is 6.90. The van der Waals surface area contributed by atoms with E-state index in [0.29, 0.717) is 6.54 Å². The second-order valence-corrected chi connectivity index (χ2v) is 9.06. The lowest BCUT2D eigenvalue weighted by Gasteiger charge is -2.25. The second kappa shape index (κ2) is 10.7. The summed E-state index contributed by atoms with van der Waals surface area (Å²) in [5, 5.41) is 0.778. The number of halogens is 2. The van der Waals surface area contributed by atoms with E-state index in [0.717, 1.165) is 49.7 Å². The van der Waals surface area contributed by atoms with Crippen LogP contribution in [0.3, 0.4) is 0 Å². The first-order valence-corrected chi connectivity index (χ1v) is 11.5. The molecule has 0 bridgehead atoms. The molecule has 0 N–H and O–H groups in total. The van der Waals surface area contributed by atoms with Crippen molar-refractivity contribution in [3.8, 4) is 0 Å². The van der Waals surface area contributed by atoms with Gasteiger partial charge in [-0.15, -0.1) is 12.4 Å². The molecule has 0 fully saturated rings. The Hall–Kier alpha value is -1.22. The van der Waals surface area contributed by atoms with Crippen molar-refractivity contribution in [1.29, 1.82) is 0 Å². The van der Waals surface area contributed by atoms with Gasteiger partial charge in [0.25, 0.3) is 5.91 Å². The number of thiazole rings is 1. The molecule has 0 aliphatic carbocycles. The van der Waals surface area contributed by atoms with Gasteiger partial charge in [-0.25, -0.2) is 4.98 Å². The lowest BCUT2D eigenvalue weighted by atomic mass is 10.1. The quantitative estimate of drug-likeness (QED) is 0.347. The van der Waals surface area contributed by atoms with Gasteiger partial charge in [0.05, 0.1) is 15.8 Å². The highest BCUT2D eigenvalue weighted by atomic mass is 127. The number of benzene rings is 2. The van der Waals surface area contributed by atoms with E-state index in [2.05, 4.69) is 67.3 Å². The summed E-state index contributed by atoms with van der Waals surface area (Å²) in [7, 11) is 0. The van der Waals surface area contributed by atoms with Crippen molar-refractivity contribution < 1.29 is 4.79 Å². The van der Waals surface area contributed by atoms with Crippen LogP contribution in [0.2, 0.25) is 0 Å². The van der Waals surface area contributed by atoms with Crippen LogP contribution in [-0.4, -0.2) is 42.0 Å². The van der Waals surface area contributed by atoms with Gasteiger partial charge >= 0.3 is 0 Å². The Bertz CT molecular complexity index is 987. The molecule has 0 aliphatic heterocycles. The molecule has 29 heavy (non-hydrogen) atoms. The predicted molar refractivity (Wildman–Crippen MR) is 135 cm³/mol. The Morgan fingerprint density at radius 2 is 1.79 bits per heavy atom. The zero-order chi connectivity index (χ0) is 20.3. The van der Waals surface area contributed by atoms with Gasteiger partial charge in [-0.1, -0.05) is 43.4 Å². The van der Waals surface area contributed by atoms with Crippen LogP contribution in [0, 0.1) is 17.4 Å². The maximum atomic E-state index is 13.5. The third kappa shape index (κ3) is 5.48. The molecule has 0 saturated heterocycles. The number of hydrogen-bond donors (Lipinski definition) is 0. The van der Waals surface area contributed by atoms with E-state index in [-0.39, 0.29) is 18.3 Å². The Morgan fingerprint density at radius 1 is 1.10 bits per heavy atom. The molecule has 4 nitrogen and oxygen atoms in total. The van der Waals surface area contributed by atoms with Gasteiger partial charge in [0, 0.05) is 16.7 Å². The number of aryl methyl sites for hydroxylation is 2. The molecule has 3 rings (SSSR count). The van der Waals surface area contributed by atoms with Gasteiger partial charge in [-0.05, 0) is 78.9 Å². The van der Waals surface area contributed by atoms with Crippen molar-refractivity contribution in [1.82, 2.24) is 9.88 Å². The number of amides is 1. The number of carbonyl (C=O) groups is 1. The number of nitrogens with zero attached hydrogens (tertiary/aromatic N) is 3. The largest absolute Gasteiger partial charge is 0.302 e. The summed E-state index contributed by atoms with van der Waals surface area (Å²) in [4.78, 5) is 22.5. The fraction of sp³-hybridized carbons (Fsp3) is 0.364. The van der Waals surface area contributed by atoms with Gasteiger partial charge in [-0.2, -0.15) is 0 Å². The van der Waals surface area contributed by atoms with Crippen molar-refractivity contribution >= 4 is 67.6 Å². The first-order valence-electron chi connectivity index (χ1n) is 9.61. The van der Waals surface area contributed by atoms with Gasteiger partial charge in [0.1, 0.15) is 0 Å². The minimum Gasteiger partial charge on any atom is -0.302 e. The van der Waals surface area contributed by atoms with E-state index in [1.165, 1.54) is 5.56 Å². The van der Waals surface area contributed by atoms with Crippen LogP contribution in [0.5, 0.6) is 0 Å². The number of carbonyl (C=O) groups excluding carboxylic acids is 1. The normalized spacial score (nSPS) is 11.0. The summed E-state index contributed by atoms with van der Waals surface area (Å²) in [6.07, 6.45) is 0. The monoisotopic (exact) mass is 543 g/mol. The molecule has 0 saturated carbocycles. The standard InChI is InChI=1S/C22H26IN3OS.ClH/c1-5-25(6-2)11-12-26(21(27)17-9-7-8-10-18(17)23)22-24-20-16(4)13-15(3)14-19(20)28-22;/h7-10,13-14H,5-6,11-12H2,1-4H3;1H. The number of rotatable bonds is 7. The van der Waals surface area contributed by atoms with Gasteiger partial charge in [-0.3, -0.25) is 9.69 Å². The summed E-state index contributed by atoms with van der Waals surface area (Å²) in [6.45, 7) is 11.9. The van der Waals surface area contributed by atoms with Gasteiger partial charge in [0.15, 0.2) is 5.13 Å². The average molecular weight is 544 g/mol. The Balaban J connectivity index is 0.00000300. The number of likely N-dealkylation sites (N-methyl/N-ethyl adjacent to an activating group) is 1. The highest BCUT2D eigenvalue weighted by Gasteiger charge is 2.23. The lowest BCUT2D eigenvalue weighted by molar-refractivity contribution is 0.0983. The van der Waals surface area contributed by atoms with Gasteiger partial charge < -0.3 is 4.90 Å². The van der Waals surface area contributed by atoms with Crippen LogP contribution in [0.25, 0.3) is 10.2 Å². The van der Waals surface area contributed by atoms with E-state index in [4.69, 9.17) is 4.98 Å². The van der Waals surface area contributed by atoms with E-state index in [9.17, 15) is 4.79 Å². The van der Waals surface area contributed by atoms with Crippen LogP contribution < -0.4 is 4.90 Å². The van der Waals surface area contributed by atoms with E-state index < -0.39 is 0 Å². The summed E-state index contributed by atoms with van der Waals surface area (Å²) >= 11 is 3.84. The summed E-state index contributed by atoms with van der Waals surface area (Å²) in [5.74, 6) is 0.0191. The molecule has 0 aliphatic rings. The summed E-state index contributed by atoms with van der Waals surface area (Å²) in [6, 6.07) is 12.1. The summed E-state index contributed by atoms with van der Waals surface area (Å²) < 4.78 is 2.10. The molecular weight excluding hydrogens is 517 g/mol. The highest BCUT2D eigenvalue weighted by molar-refractivity contribution is 14.1. The molecule has 156 valence electrons. The zero-order valence-corrected chi connectivity index (χ0v) is 21.0. The topological polar surface area (TPSA) is 36.4 Å². The van der Waals surface area contributed by atoms with Crippen molar-refractivity contribution in [3.63, 3.8) is 0 Å². The molecule has 1 heterocycles. The van der Waals surface area contributed by atoms with Gasteiger partial charge in [0.2, 0.25) is 0 Å². The van der Waals surface area contributed by atoms with Crippen LogP contribution >= 0.6 is 46.3 Å². The van der Waals surface area contributed by atoms with Crippen molar-refractivity contribution in [2.24, 2.45) is 0 Å². The molecular formula is C22H27ClIN3OS. The molecule has 1 amide bonds.